The summed E-state index contributed by atoms with van der Waals surface area (Å²) >= 11 is 2.05. The molecule has 1 N–H and O–H groups in total. The van der Waals surface area contributed by atoms with E-state index in [9.17, 15) is 4.39 Å². The van der Waals surface area contributed by atoms with Gasteiger partial charge in [0.2, 0.25) is 0 Å². The Morgan fingerprint density at radius 2 is 2.33 bits per heavy atom. The number of halogens is 1. The molecule has 1 aromatic carbocycles. The van der Waals surface area contributed by atoms with Gasteiger partial charge in [-0.3, -0.25) is 4.90 Å². The van der Waals surface area contributed by atoms with E-state index >= 15 is 0 Å². The maximum absolute atomic E-state index is 13.5. The first-order valence-corrected chi connectivity index (χ1v) is 9.16. The number of rotatable bonds is 7. The molecule has 0 saturated carbocycles. The Morgan fingerprint density at radius 3 is 3.05 bits per heavy atom. The van der Waals surface area contributed by atoms with Crippen LogP contribution in [0.1, 0.15) is 38.3 Å². The average Bonchev–Trinajstić information content (AvgIpc) is 2.49. The van der Waals surface area contributed by atoms with E-state index in [2.05, 4.69) is 24.1 Å². The minimum Gasteiger partial charge on any atom is -0.310 e. The molecule has 0 aromatic heterocycles. The lowest BCUT2D eigenvalue weighted by atomic mass is 10.0. The molecule has 1 aliphatic heterocycles. The molecule has 2 nitrogen and oxygen atoms in total. The summed E-state index contributed by atoms with van der Waals surface area (Å²) < 4.78 is 13.5. The summed E-state index contributed by atoms with van der Waals surface area (Å²) in [5.41, 5.74) is 1.07. The van der Waals surface area contributed by atoms with Gasteiger partial charge in [0, 0.05) is 36.7 Å². The van der Waals surface area contributed by atoms with Crippen LogP contribution in [0.4, 0.5) is 4.39 Å². The van der Waals surface area contributed by atoms with E-state index in [1.165, 1.54) is 24.1 Å². The van der Waals surface area contributed by atoms with Crippen molar-refractivity contribution in [2.24, 2.45) is 0 Å². The quantitative estimate of drug-likeness (QED) is 0.827. The van der Waals surface area contributed by atoms with Gasteiger partial charge >= 0.3 is 0 Å². The largest absolute Gasteiger partial charge is 0.310 e. The second kappa shape index (κ2) is 8.76. The summed E-state index contributed by atoms with van der Waals surface area (Å²) in [6, 6.07) is 7.94. The van der Waals surface area contributed by atoms with Gasteiger partial charge < -0.3 is 5.32 Å². The molecule has 4 heteroatoms. The van der Waals surface area contributed by atoms with Gasteiger partial charge in [0.25, 0.3) is 0 Å². The SMILES string of the molecule is CCCNC(CCN1CCSCC1C)c1cccc(F)c1. The van der Waals surface area contributed by atoms with Crippen molar-refractivity contribution in [3.05, 3.63) is 35.6 Å². The fourth-order valence-corrected chi connectivity index (χ4v) is 3.90. The van der Waals surface area contributed by atoms with Gasteiger partial charge in [-0.05, 0) is 44.0 Å². The molecule has 0 amide bonds. The normalized spacial score (nSPS) is 21.4. The van der Waals surface area contributed by atoms with Gasteiger partial charge in [-0.15, -0.1) is 0 Å². The van der Waals surface area contributed by atoms with Crippen LogP contribution in [0.5, 0.6) is 0 Å². The zero-order valence-electron chi connectivity index (χ0n) is 13.1. The van der Waals surface area contributed by atoms with Crippen molar-refractivity contribution in [1.29, 1.82) is 0 Å². The molecule has 2 atom stereocenters. The zero-order chi connectivity index (χ0) is 15.1. The predicted molar refractivity (Wildman–Crippen MR) is 90.4 cm³/mol. The van der Waals surface area contributed by atoms with Crippen LogP contribution in [-0.4, -0.2) is 42.1 Å². The Bertz CT molecular complexity index is 427. The summed E-state index contributed by atoms with van der Waals surface area (Å²) in [4.78, 5) is 2.57. The minimum absolute atomic E-state index is 0.140. The molecule has 2 rings (SSSR count). The van der Waals surface area contributed by atoms with E-state index in [-0.39, 0.29) is 11.9 Å². The van der Waals surface area contributed by atoms with Crippen molar-refractivity contribution in [2.75, 3.05) is 31.1 Å². The van der Waals surface area contributed by atoms with Crippen LogP contribution in [0.2, 0.25) is 0 Å². The summed E-state index contributed by atoms with van der Waals surface area (Å²) in [7, 11) is 0. The minimum atomic E-state index is -0.140. The third kappa shape index (κ3) is 5.28. The van der Waals surface area contributed by atoms with Crippen LogP contribution < -0.4 is 5.32 Å². The Morgan fingerprint density at radius 1 is 1.48 bits per heavy atom. The third-order valence-electron chi connectivity index (χ3n) is 4.10. The molecule has 0 radical (unpaired) electrons. The average molecular weight is 310 g/mol. The number of benzene rings is 1. The molecule has 1 aromatic rings. The number of nitrogens with zero attached hydrogens (tertiary/aromatic N) is 1. The molecule has 0 spiro atoms. The maximum atomic E-state index is 13.5. The van der Waals surface area contributed by atoms with Gasteiger partial charge in [-0.1, -0.05) is 19.1 Å². The number of nitrogens with one attached hydrogen (secondary N) is 1. The second-order valence-corrected chi connectivity index (χ2v) is 6.96. The van der Waals surface area contributed by atoms with Crippen LogP contribution in [0, 0.1) is 5.82 Å². The van der Waals surface area contributed by atoms with Crippen LogP contribution in [-0.2, 0) is 0 Å². The lowest BCUT2D eigenvalue weighted by Crippen LogP contribution is -2.42. The molecule has 1 fully saturated rings. The molecule has 21 heavy (non-hydrogen) atoms. The standard InChI is InChI=1S/C17H27FN2S/c1-3-8-19-17(15-5-4-6-16(18)12-15)7-9-20-10-11-21-13-14(20)2/h4-6,12,14,17,19H,3,7-11,13H2,1-2H3. The second-order valence-electron chi connectivity index (χ2n) is 5.81. The van der Waals surface area contributed by atoms with Crippen molar-refractivity contribution < 1.29 is 4.39 Å². The smallest absolute Gasteiger partial charge is 0.123 e. The monoisotopic (exact) mass is 310 g/mol. The van der Waals surface area contributed by atoms with E-state index in [4.69, 9.17) is 0 Å². The number of hydrogen-bond acceptors (Lipinski definition) is 3. The van der Waals surface area contributed by atoms with E-state index in [1.807, 2.05) is 23.9 Å². The fraction of sp³-hybridized carbons (Fsp3) is 0.647. The lowest BCUT2D eigenvalue weighted by molar-refractivity contribution is 0.219. The van der Waals surface area contributed by atoms with Gasteiger partial charge in [0.15, 0.2) is 0 Å². The highest BCUT2D eigenvalue weighted by Crippen LogP contribution is 2.21. The van der Waals surface area contributed by atoms with Crippen LogP contribution in [0.3, 0.4) is 0 Å². The Balaban J connectivity index is 1.95. The van der Waals surface area contributed by atoms with E-state index in [1.54, 1.807) is 6.07 Å². The highest BCUT2D eigenvalue weighted by Gasteiger charge is 2.20. The maximum Gasteiger partial charge on any atom is 0.123 e. The van der Waals surface area contributed by atoms with Gasteiger partial charge in [-0.25, -0.2) is 4.39 Å². The third-order valence-corrected chi connectivity index (χ3v) is 5.29. The first-order valence-electron chi connectivity index (χ1n) is 8.01. The zero-order valence-corrected chi connectivity index (χ0v) is 14.0. The van der Waals surface area contributed by atoms with Crippen LogP contribution >= 0.6 is 11.8 Å². The predicted octanol–water partition coefficient (Wildman–Crippen LogP) is 3.69. The van der Waals surface area contributed by atoms with Crippen molar-refractivity contribution in [3.63, 3.8) is 0 Å². The van der Waals surface area contributed by atoms with Crippen molar-refractivity contribution in [1.82, 2.24) is 10.2 Å². The Labute approximate surface area is 132 Å². The molecule has 118 valence electrons. The van der Waals surface area contributed by atoms with Gasteiger partial charge in [-0.2, -0.15) is 11.8 Å². The molecule has 0 aliphatic carbocycles. The molecule has 1 aliphatic rings. The topological polar surface area (TPSA) is 15.3 Å². The Kier molecular flexibility index (Phi) is 7.00. The van der Waals surface area contributed by atoms with E-state index < -0.39 is 0 Å². The van der Waals surface area contributed by atoms with Crippen molar-refractivity contribution in [3.8, 4) is 0 Å². The Hall–Kier alpha value is -0.580. The van der Waals surface area contributed by atoms with E-state index in [0.717, 1.165) is 31.5 Å². The lowest BCUT2D eigenvalue weighted by Gasteiger charge is -2.34. The highest BCUT2D eigenvalue weighted by molar-refractivity contribution is 7.99. The molecule has 2 unspecified atom stereocenters. The number of thioether (sulfide) groups is 1. The number of hydrogen-bond donors (Lipinski definition) is 1. The first kappa shape index (κ1) is 16.8. The molecular formula is C17H27FN2S. The fourth-order valence-electron chi connectivity index (χ4n) is 2.82. The van der Waals surface area contributed by atoms with Crippen molar-refractivity contribution >= 4 is 11.8 Å². The highest BCUT2D eigenvalue weighted by atomic mass is 32.2. The summed E-state index contributed by atoms with van der Waals surface area (Å²) in [5, 5.41) is 3.57. The summed E-state index contributed by atoms with van der Waals surface area (Å²) in [6.07, 6.45) is 2.14. The molecular weight excluding hydrogens is 283 g/mol. The van der Waals surface area contributed by atoms with Gasteiger partial charge in [0.05, 0.1) is 0 Å². The first-order chi connectivity index (χ1) is 10.2. The van der Waals surface area contributed by atoms with Crippen molar-refractivity contribution in [2.45, 2.75) is 38.8 Å². The van der Waals surface area contributed by atoms with Crippen LogP contribution in [0.25, 0.3) is 0 Å². The summed E-state index contributed by atoms with van der Waals surface area (Å²) in [6.45, 7) is 7.71. The molecule has 1 heterocycles. The van der Waals surface area contributed by atoms with Gasteiger partial charge in [0.1, 0.15) is 5.82 Å². The molecule has 1 saturated heterocycles. The summed E-state index contributed by atoms with van der Waals surface area (Å²) in [5.74, 6) is 2.32. The molecule has 0 bridgehead atoms. The van der Waals surface area contributed by atoms with Crippen LogP contribution in [0.15, 0.2) is 24.3 Å². The van der Waals surface area contributed by atoms with E-state index in [0.29, 0.717) is 6.04 Å².